The van der Waals surface area contributed by atoms with Crippen LogP contribution in [0.25, 0.3) is 0 Å². The number of oxime groups is 1. The molecule has 1 aromatic heterocycles. The molecule has 2 aliphatic heterocycles. The van der Waals surface area contributed by atoms with E-state index in [1.54, 1.807) is 6.08 Å². The van der Waals surface area contributed by atoms with E-state index >= 15 is 0 Å². The van der Waals surface area contributed by atoms with Gasteiger partial charge in [-0.2, -0.15) is 0 Å². The molecule has 0 radical (unpaired) electrons. The molecule has 4 N–H and O–H groups in total. The Hall–Kier alpha value is -1.44. The Bertz CT molecular complexity index is 900. The van der Waals surface area contributed by atoms with Crippen molar-refractivity contribution in [3.8, 4) is 0 Å². The Labute approximate surface area is 196 Å². The van der Waals surface area contributed by atoms with Crippen LogP contribution in [0.1, 0.15) is 12.1 Å². The van der Waals surface area contributed by atoms with Crippen molar-refractivity contribution in [1.82, 2.24) is 15.2 Å². The number of rotatable bonds is 6. The van der Waals surface area contributed by atoms with E-state index in [2.05, 4.69) is 22.0 Å². The van der Waals surface area contributed by atoms with Gasteiger partial charge in [-0.05, 0) is 17.0 Å². The minimum absolute atomic E-state index is 0. The van der Waals surface area contributed by atoms with E-state index in [4.69, 9.17) is 23.2 Å². The predicted molar refractivity (Wildman–Crippen MR) is 104 cm³/mol. The molecule has 0 unspecified atom stereocenters. The van der Waals surface area contributed by atoms with Gasteiger partial charge in [0.2, 0.25) is 0 Å². The molecule has 0 spiro atoms. The fraction of sp³-hybridized carbons (Fsp3) is 0.267. The molecule has 1 aromatic rings. The van der Waals surface area contributed by atoms with Crippen molar-refractivity contribution in [2.24, 2.45) is 5.16 Å². The maximum atomic E-state index is 12.6. The number of thioether (sulfide) groups is 1. The predicted octanol–water partition coefficient (Wildman–Crippen LogP) is -3.17. The second-order valence-electron chi connectivity index (χ2n) is 5.61. The first-order valence-corrected chi connectivity index (χ1v) is 9.96. The van der Waals surface area contributed by atoms with Crippen LogP contribution in [-0.4, -0.2) is 54.8 Å². The number of thiocarbonyl (C=S) groups is 1. The zero-order chi connectivity index (χ0) is 19.7. The molecule has 1 saturated heterocycles. The van der Waals surface area contributed by atoms with Gasteiger partial charge < -0.3 is 21.4 Å². The first-order chi connectivity index (χ1) is 12.9. The maximum absolute atomic E-state index is 12.6. The van der Waals surface area contributed by atoms with Crippen molar-refractivity contribution in [2.45, 2.75) is 17.8 Å². The average Bonchev–Trinajstić information content (AvgIpc) is 3.05. The molecule has 1 fully saturated rings. The van der Waals surface area contributed by atoms with E-state index in [1.165, 1.54) is 22.0 Å². The number of fused-ring (bicyclic) bond motifs is 1. The summed E-state index contributed by atoms with van der Waals surface area (Å²) in [5.41, 5.74) is 6.20. The summed E-state index contributed by atoms with van der Waals surface area (Å²) in [4.78, 5) is 30.2. The van der Waals surface area contributed by atoms with Gasteiger partial charge in [-0.1, -0.05) is 23.4 Å². The number of nitrogens with two attached hydrogens (primary N) is 1. The fourth-order valence-corrected chi connectivity index (χ4v) is 4.97. The summed E-state index contributed by atoms with van der Waals surface area (Å²) in [6, 6.07) is -0.870. The van der Waals surface area contributed by atoms with Crippen LogP contribution in [0.5, 0.6) is 0 Å². The number of thiazole rings is 1. The molecule has 0 aliphatic carbocycles. The van der Waals surface area contributed by atoms with Crippen LogP contribution in [0.15, 0.2) is 34.5 Å². The van der Waals surface area contributed by atoms with Crippen LogP contribution in [0.4, 0.5) is 5.13 Å². The number of aromatic nitrogens is 1. The minimum atomic E-state index is -0.870. The monoisotopic (exact) mass is 447 g/mol. The Morgan fingerprint density at radius 1 is 1.64 bits per heavy atom. The minimum Gasteiger partial charge on any atom is -0.863 e. The number of hydrogen-bond donors (Lipinski definition) is 3. The SMILES string of the molecule is C=CCC1=C(C([O-])=S)N2C(=O)[C@@H](NC(=O)/C(=N\O)c3csc(N)n3)[C@H]2SC1.[Na+]. The van der Waals surface area contributed by atoms with Gasteiger partial charge in [0.25, 0.3) is 11.8 Å². The number of nitrogen functional groups attached to an aromatic ring is 1. The number of anilines is 1. The quantitative estimate of drug-likeness (QED) is 0.0788. The molecule has 0 bridgehead atoms. The van der Waals surface area contributed by atoms with Crippen molar-refractivity contribution >= 4 is 63.0 Å². The van der Waals surface area contributed by atoms with Crippen LogP contribution in [0.3, 0.4) is 0 Å². The van der Waals surface area contributed by atoms with Crippen LogP contribution in [-0.2, 0) is 9.59 Å². The zero-order valence-electron chi connectivity index (χ0n) is 14.7. The van der Waals surface area contributed by atoms with Crippen molar-refractivity contribution in [1.29, 1.82) is 0 Å². The number of nitrogens with one attached hydrogen (secondary N) is 1. The van der Waals surface area contributed by atoms with Gasteiger partial charge in [0, 0.05) is 16.8 Å². The molecule has 3 heterocycles. The van der Waals surface area contributed by atoms with Crippen molar-refractivity contribution in [2.75, 3.05) is 11.5 Å². The smallest absolute Gasteiger partial charge is 0.863 e. The molecule has 2 amide bonds. The summed E-state index contributed by atoms with van der Waals surface area (Å²) in [5.74, 6) is -0.729. The topological polar surface area (TPSA) is 144 Å². The summed E-state index contributed by atoms with van der Waals surface area (Å²) < 4.78 is 0. The number of amides is 2. The molecule has 2 atom stereocenters. The van der Waals surface area contributed by atoms with Gasteiger partial charge in [-0.3, -0.25) is 14.5 Å². The molecule has 9 nitrogen and oxygen atoms in total. The molecule has 0 saturated carbocycles. The van der Waals surface area contributed by atoms with Crippen LogP contribution in [0.2, 0.25) is 0 Å². The van der Waals surface area contributed by atoms with Crippen molar-refractivity contribution in [3.63, 3.8) is 0 Å². The Morgan fingerprint density at radius 2 is 2.36 bits per heavy atom. The molecule has 0 aromatic carbocycles. The van der Waals surface area contributed by atoms with E-state index < -0.39 is 28.3 Å². The standard InChI is InChI=1S/C15H15N5O4S3.Na/c1-2-3-6-4-26-13-9(12(22)20(13)10(6)14(23)25)18-11(21)8(19-24)7-5-27-15(16)17-7;/h2,5,9,13,24H,1,3-4H2,(H2,16,17)(H,18,21)(H,23,25);/q;+1/p-1/b19-8-;/t9-,13-;/m1./s1. The summed E-state index contributed by atoms with van der Waals surface area (Å²) in [6.45, 7) is 3.64. The van der Waals surface area contributed by atoms with Gasteiger partial charge in [0.05, 0.1) is 0 Å². The van der Waals surface area contributed by atoms with E-state index in [9.17, 15) is 14.7 Å². The first-order valence-electron chi connectivity index (χ1n) is 7.62. The number of carbonyl (C=O) groups is 2. The normalized spacial score (nSPS) is 21.4. The number of allylic oxidation sites excluding steroid dienone is 1. The van der Waals surface area contributed by atoms with E-state index in [1.807, 2.05) is 0 Å². The van der Waals surface area contributed by atoms with E-state index in [0.717, 1.165) is 16.9 Å². The third-order valence-corrected chi connectivity index (χ3v) is 6.20. The molecule has 13 heteroatoms. The number of nitrogens with zero attached hydrogens (tertiary/aromatic N) is 3. The van der Waals surface area contributed by atoms with E-state index in [0.29, 0.717) is 12.2 Å². The Kier molecular flexibility index (Phi) is 7.65. The van der Waals surface area contributed by atoms with Gasteiger partial charge >= 0.3 is 29.6 Å². The van der Waals surface area contributed by atoms with Crippen LogP contribution < -0.4 is 45.7 Å². The van der Waals surface area contributed by atoms with Gasteiger partial charge in [-0.15, -0.1) is 29.7 Å². The average molecular weight is 447 g/mol. The Morgan fingerprint density at radius 3 is 2.89 bits per heavy atom. The maximum Gasteiger partial charge on any atom is 1.00 e. The van der Waals surface area contributed by atoms with Gasteiger partial charge in [-0.25, -0.2) is 4.98 Å². The van der Waals surface area contributed by atoms with Crippen molar-refractivity contribution in [3.05, 3.63) is 35.0 Å². The number of β-lactam (4-membered cyclic amide) rings is 1. The first kappa shape index (κ1) is 22.8. The fourth-order valence-electron chi connectivity index (χ4n) is 2.82. The largest absolute Gasteiger partial charge is 1.00 e. The molecule has 3 rings (SSSR count). The summed E-state index contributed by atoms with van der Waals surface area (Å²) in [7, 11) is 0. The van der Waals surface area contributed by atoms with Crippen LogP contribution >= 0.6 is 35.3 Å². The molecular weight excluding hydrogens is 433 g/mol. The summed E-state index contributed by atoms with van der Waals surface area (Å²) in [5, 5.41) is 27.1. The second kappa shape index (κ2) is 9.37. The third-order valence-electron chi connectivity index (χ3n) is 4.00. The van der Waals surface area contributed by atoms with Crippen LogP contribution in [0, 0.1) is 0 Å². The number of carbonyl (C=O) groups excluding carboxylic acids is 2. The number of hydrogen-bond acceptors (Lipinski definition) is 10. The third kappa shape index (κ3) is 4.11. The Balaban J connectivity index is 0.00000280. The van der Waals surface area contributed by atoms with E-state index in [-0.39, 0.29) is 51.8 Å². The molecular formula is C15H14N5NaO4S3. The zero-order valence-corrected chi connectivity index (χ0v) is 19.2. The second-order valence-corrected chi connectivity index (χ2v) is 7.98. The molecule has 142 valence electrons. The summed E-state index contributed by atoms with van der Waals surface area (Å²) in [6.07, 6.45) is 2.09. The summed E-state index contributed by atoms with van der Waals surface area (Å²) >= 11 is 7.26. The van der Waals surface area contributed by atoms with Gasteiger partial charge in [0.15, 0.2) is 10.8 Å². The molecule has 2 aliphatic rings. The molecule has 28 heavy (non-hydrogen) atoms. The van der Waals surface area contributed by atoms with Crippen molar-refractivity contribution < 1.29 is 49.5 Å². The van der Waals surface area contributed by atoms with Gasteiger partial charge in [0.1, 0.15) is 17.1 Å².